The van der Waals surface area contributed by atoms with Crippen LogP contribution in [-0.4, -0.2) is 31.7 Å². The van der Waals surface area contributed by atoms with Gasteiger partial charge in [0.2, 0.25) is 9.70 Å². The second kappa shape index (κ2) is 6.42. The van der Waals surface area contributed by atoms with E-state index >= 15 is 0 Å². The lowest BCUT2D eigenvalue weighted by Crippen LogP contribution is -2.53. The molecule has 2 N–H and O–H groups in total. The largest absolute Gasteiger partial charge is 0.377 e. The summed E-state index contributed by atoms with van der Waals surface area (Å²) < 4.78 is -1.94. The standard InChI is InChI=1S/C11H10Cl5NO3/c1-5(18)10(20)3-2-6(12)4-7(10)8(19)17-9(13)11(14,15)16/h2-4,7,9,20H,1H3,(H,17,19). The van der Waals surface area contributed by atoms with Crippen LogP contribution in [0, 0.1) is 5.92 Å². The van der Waals surface area contributed by atoms with Gasteiger partial charge in [-0.15, -0.1) is 0 Å². The van der Waals surface area contributed by atoms with Crippen molar-refractivity contribution in [3.63, 3.8) is 0 Å². The topological polar surface area (TPSA) is 66.4 Å². The quantitative estimate of drug-likeness (QED) is 0.583. The summed E-state index contributed by atoms with van der Waals surface area (Å²) in [6, 6.07) is 0. The lowest BCUT2D eigenvalue weighted by Gasteiger charge is -2.32. The summed E-state index contributed by atoms with van der Waals surface area (Å²) in [6.45, 7) is 1.14. The zero-order valence-electron chi connectivity index (χ0n) is 10.0. The average Bonchev–Trinajstić information content (AvgIpc) is 2.30. The normalized spacial score (nSPS) is 27.8. The van der Waals surface area contributed by atoms with Crippen LogP contribution >= 0.6 is 58.0 Å². The van der Waals surface area contributed by atoms with Gasteiger partial charge in [0.05, 0.1) is 5.92 Å². The maximum atomic E-state index is 12.1. The van der Waals surface area contributed by atoms with Crippen molar-refractivity contribution in [2.75, 3.05) is 0 Å². The van der Waals surface area contributed by atoms with E-state index in [1.54, 1.807) is 0 Å². The van der Waals surface area contributed by atoms with E-state index in [0.29, 0.717) is 0 Å². The summed E-state index contributed by atoms with van der Waals surface area (Å²) >= 11 is 28.1. The molecular formula is C11H10Cl5NO3. The lowest BCUT2D eigenvalue weighted by molar-refractivity contribution is -0.142. The fraction of sp³-hybridized carbons (Fsp3) is 0.455. The number of ketones is 1. The number of rotatable bonds is 3. The highest BCUT2D eigenvalue weighted by molar-refractivity contribution is 6.70. The van der Waals surface area contributed by atoms with E-state index in [1.807, 2.05) is 0 Å². The molecule has 112 valence electrons. The summed E-state index contributed by atoms with van der Waals surface area (Å²) in [6.07, 6.45) is 3.68. The van der Waals surface area contributed by atoms with Crippen molar-refractivity contribution >= 4 is 69.7 Å². The molecule has 3 unspecified atom stereocenters. The van der Waals surface area contributed by atoms with Crippen molar-refractivity contribution in [3.05, 3.63) is 23.3 Å². The Kier molecular flexibility index (Phi) is 5.81. The van der Waals surface area contributed by atoms with Gasteiger partial charge in [0.25, 0.3) is 0 Å². The van der Waals surface area contributed by atoms with Crippen molar-refractivity contribution in [3.8, 4) is 0 Å². The number of aliphatic hydroxyl groups is 1. The van der Waals surface area contributed by atoms with E-state index in [2.05, 4.69) is 5.32 Å². The molecular weight excluding hydrogens is 371 g/mol. The van der Waals surface area contributed by atoms with Gasteiger partial charge in [-0.05, 0) is 25.2 Å². The number of Topliss-reactive ketones (excluding diaryl/α,β-unsaturated/α-hetero) is 1. The monoisotopic (exact) mass is 379 g/mol. The number of allylic oxidation sites excluding steroid dienone is 2. The Morgan fingerprint density at radius 3 is 2.45 bits per heavy atom. The second-order valence-electron chi connectivity index (χ2n) is 4.16. The van der Waals surface area contributed by atoms with Gasteiger partial charge >= 0.3 is 0 Å². The summed E-state index contributed by atoms with van der Waals surface area (Å²) in [4.78, 5) is 23.7. The Hall–Kier alpha value is 0.0300. The van der Waals surface area contributed by atoms with Crippen LogP contribution in [0.1, 0.15) is 6.92 Å². The minimum absolute atomic E-state index is 0.191. The van der Waals surface area contributed by atoms with Gasteiger partial charge in [0, 0.05) is 5.03 Å². The fourth-order valence-electron chi connectivity index (χ4n) is 1.56. The highest BCUT2D eigenvalue weighted by Crippen LogP contribution is 2.34. The zero-order valence-corrected chi connectivity index (χ0v) is 13.8. The molecule has 1 rings (SSSR count). The number of carbonyl (C=O) groups excluding carboxylic acids is 2. The van der Waals surface area contributed by atoms with E-state index < -0.39 is 32.5 Å². The van der Waals surface area contributed by atoms with E-state index in [-0.39, 0.29) is 5.03 Å². The van der Waals surface area contributed by atoms with Crippen LogP contribution in [0.15, 0.2) is 23.3 Å². The van der Waals surface area contributed by atoms with Gasteiger partial charge in [0.1, 0.15) is 0 Å². The van der Waals surface area contributed by atoms with Gasteiger partial charge in [-0.2, -0.15) is 0 Å². The molecule has 1 amide bonds. The Morgan fingerprint density at radius 2 is 2.00 bits per heavy atom. The molecule has 0 aromatic rings. The van der Waals surface area contributed by atoms with Gasteiger partial charge < -0.3 is 10.4 Å². The predicted molar refractivity (Wildman–Crippen MR) is 80.3 cm³/mol. The molecule has 9 heteroatoms. The van der Waals surface area contributed by atoms with Gasteiger partial charge in [0.15, 0.2) is 16.9 Å². The van der Waals surface area contributed by atoms with Crippen LogP contribution in [0.4, 0.5) is 0 Å². The first kappa shape index (κ1) is 18.1. The molecule has 3 atom stereocenters. The first-order valence-corrected chi connectivity index (χ1v) is 7.24. The van der Waals surface area contributed by atoms with Crippen LogP contribution in [0.5, 0.6) is 0 Å². The molecule has 1 aliphatic carbocycles. The number of hydrogen-bond donors (Lipinski definition) is 2. The number of alkyl halides is 4. The van der Waals surface area contributed by atoms with Crippen molar-refractivity contribution in [2.45, 2.75) is 21.8 Å². The molecule has 20 heavy (non-hydrogen) atoms. The summed E-state index contributed by atoms with van der Waals surface area (Å²) in [5.41, 5.74) is -3.36. The number of carbonyl (C=O) groups is 2. The average molecular weight is 381 g/mol. The van der Waals surface area contributed by atoms with Gasteiger partial charge in [-0.1, -0.05) is 58.0 Å². The fourth-order valence-corrected chi connectivity index (χ4v) is 2.02. The highest BCUT2D eigenvalue weighted by atomic mass is 35.6. The molecule has 0 bridgehead atoms. The highest BCUT2D eigenvalue weighted by Gasteiger charge is 2.45. The van der Waals surface area contributed by atoms with Gasteiger partial charge in [-0.25, -0.2) is 0 Å². The molecule has 0 fully saturated rings. The molecule has 0 saturated heterocycles. The number of halogens is 5. The number of amides is 1. The maximum Gasteiger partial charge on any atom is 0.232 e. The first-order chi connectivity index (χ1) is 8.98. The molecule has 0 spiro atoms. The van der Waals surface area contributed by atoms with Crippen molar-refractivity contribution in [2.24, 2.45) is 5.92 Å². The summed E-state index contributed by atoms with van der Waals surface area (Å²) in [5, 5.41) is 12.7. The van der Waals surface area contributed by atoms with Crippen LogP contribution in [0.25, 0.3) is 0 Å². The Bertz CT molecular complexity index is 485. The third-order valence-corrected chi connectivity index (χ3v) is 4.38. The lowest BCUT2D eigenvalue weighted by atomic mass is 9.80. The zero-order chi connectivity index (χ0) is 15.7. The van der Waals surface area contributed by atoms with E-state index in [9.17, 15) is 14.7 Å². The molecule has 0 heterocycles. The minimum Gasteiger partial charge on any atom is -0.377 e. The summed E-state index contributed by atoms with van der Waals surface area (Å²) in [7, 11) is 0. The third kappa shape index (κ3) is 4.03. The van der Waals surface area contributed by atoms with Crippen LogP contribution in [-0.2, 0) is 9.59 Å². The SMILES string of the molecule is CC(=O)C1(O)C=CC(Cl)=CC1C(=O)NC(Cl)C(Cl)(Cl)Cl. The maximum absolute atomic E-state index is 12.1. The molecule has 0 saturated carbocycles. The Labute approximate surface area is 140 Å². The van der Waals surface area contributed by atoms with Gasteiger partial charge in [-0.3, -0.25) is 9.59 Å². The van der Waals surface area contributed by atoms with E-state index in [4.69, 9.17) is 58.0 Å². The number of hydrogen-bond acceptors (Lipinski definition) is 3. The second-order valence-corrected chi connectivity index (χ2v) is 7.40. The van der Waals surface area contributed by atoms with Crippen molar-refractivity contribution < 1.29 is 14.7 Å². The van der Waals surface area contributed by atoms with Crippen LogP contribution in [0.3, 0.4) is 0 Å². The third-order valence-electron chi connectivity index (χ3n) is 2.70. The van der Waals surface area contributed by atoms with E-state index in [1.165, 1.54) is 12.2 Å². The summed E-state index contributed by atoms with van der Waals surface area (Å²) in [5.74, 6) is -2.70. The first-order valence-electron chi connectivity index (χ1n) is 5.29. The Morgan fingerprint density at radius 1 is 1.45 bits per heavy atom. The molecule has 4 nitrogen and oxygen atoms in total. The molecule has 0 aliphatic heterocycles. The van der Waals surface area contributed by atoms with Crippen LogP contribution < -0.4 is 5.32 Å². The Balaban J connectivity index is 3.00. The van der Waals surface area contributed by atoms with Crippen molar-refractivity contribution in [1.29, 1.82) is 0 Å². The number of nitrogens with one attached hydrogen (secondary N) is 1. The van der Waals surface area contributed by atoms with E-state index in [0.717, 1.165) is 13.0 Å². The molecule has 0 radical (unpaired) electrons. The van der Waals surface area contributed by atoms with Crippen molar-refractivity contribution in [1.82, 2.24) is 5.32 Å². The molecule has 0 aromatic carbocycles. The molecule has 1 aliphatic rings. The van der Waals surface area contributed by atoms with Crippen LogP contribution in [0.2, 0.25) is 0 Å². The molecule has 0 aromatic heterocycles. The smallest absolute Gasteiger partial charge is 0.232 e. The minimum atomic E-state index is -2.02. The predicted octanol–water partition coefficient (Wildman–Crippen LogP) is 2.67.